The van der Waals surface area contributed by atoms with Gasteiger partial charge in [0.05, 0.1) is 5.22 Å². The molecule has 0 amide bonds. The number of benzene rings is 1. The molecule has 0 unspecified atom stereocenters. The number of hydrogen-bond donors (Lipinski definition) is 0. The third kappa shape index (κ3) is 1.65. The van der Waals surface area contributed by atoms with Crippen molar-refractivity contribution in [2.45, 2.75) is 5.22 Å². The standard InChI is InChI=1S/C8H5FN2OS/c9-6-3-1-5(2-4-6)7-10-11-8(13)12-7/h1-4H,(H,11,13)/p-1. The van der Waals surface area contributed by atoms with Crippen LogP contribution in [0.3, 0.4) is 0 Å². The quantitative estimate of drug-likeness (QED) is 0.650. The molecule has 0 spiro atoms. The van der Waals surface area contributed by atoms with Crippen LogP contribution in [0.15, 0.2) is 33.9 Å². The molecule has 1 aromatic heterocycles. The van der Waals surface area contributed by atoms with Crippen LogP contribution < -0.4 is 0 Å². The van der Waals surface area contributed by atoms with Crippen LogP contribution in [0, 0.1) is 5.82 Å². The highest BCUT2D eigenvalue weighted by atomic mass is 32.1. The highest BCUT2D eigenvalue weighted by molar-refractivity contribution is 7.58. The Morgan fingerprint density at radius 3 is 2.38 bits per heavy atom. The summed E-state index contributed by atoms with van der Waals surface area (Å²) in [7, 11) is 0. The molecule has 13 heavy (non-hydrogen) atoms. The first kappa shape index (κ1) is 8.12. The molecule has 3 nitrogen and oxygen atoms in total. The highest BCUT2D eigenvalue weighted by Crippen LogP contribution is 2.17. The molecule has 0 saturated heterocycles. The van der Waals surface area contributed by atoms with Crippen molar-refractivity contribution in [3.63, 3.8) is 0 Å². The lowest BCUT2D eigenvalue weighted by Gasteiger charge is -1.94. The maximum absolute atomic E-state index is 12.5. The second-order valence-corrected chi connectivity index (χ2v) is 2.73. The van der Waals surface area contributed by atoms with Gasteiger partial charge in [-0.05, 0) is 24.3 Å². The molecule has 0 bridgehead atoms. The van der Waals surface area contributed by atoms with E-state index in [1.807, 2.05) is 0 Å². The van der Waals surface area contributed by atoms with Crippen molar-refractivity contribution >= 4 is 12.6 Å². The van der Waals surface area contributed by atoms with Crippen LogP contribution in [-0.2, 0) is 12.6 Å². The fourth-order valence-corrected chi connectivity index (χ4v) is 1.04. The molecule has 0 aliphatic heterocycles. The summed E-state index contributed by atoms with van der Waals surface area (Å²) in [5, 5.41) is 7.27. The Kier molecular flexibility index (Phi) is 1.94. The minimum Gasteiger partial charge on any atom is -0.719 e. The molecule has 0 N–H and O–H groups in total. The smallest absolute Gasteiger partial charge is 0.245 e. The zero-order chi connectivity index (χ0) is 9.26. The van der Waals surface area contributed by atoms with Crippen molar-refractivity contribution in [3.05, 3.63) is 30.1 Å². The van der Waals surface area contributed by atoms with E-state index in [0.29, 0.717) is 11.5 Å². The predicted octanol–water partition coefficient (Wildman–Crippen LogP) is 1.78. The van der Waals surface area contributed by atoms with Crippen LogP contribution in [0.2, 0.25) is 0 Å². The zero-order valence-corrected chi connectivity index (χ0v) is 7.21. The molecule has 0 atom stereocenters. The van der Waals surface area contributed by atoms with Gasteiger partial charge in [0, 0.05) is 5.56 Å². The van der Waals surface area contributed by atoms with E-state index in [4.69, 9.17) is 4.42 Å². The van der Waals surface area contributed by atoms with Gasteiger partial charge in [0.25, 0.3) is 0 Å². The third-order valence-electron chi connectivity index (χ3n) is 1.50. The van der Waals surface area contributed by atoms with Gasteiger partial charge in [-0.15, -0.1) is 10.2 Å². The SMILES string of the molecule is Fc1ccc(-c2nnc([S-])o2)cc1. The summed E-state index contributed by atoms with van der Waals surface area (Å²) in [5.41, 5.74) is 0.657. The molecule has 5 heteroatoms. The summed E-state index contributed by atoms with van der Waals surface area (Å²) in [6.45, 7) is 0. The first-order valence-electron chi connectivity index (χ1n) is 3.52. The van der Waals surface area contributed by atoms with E-state index in [9.17, 15) is 4.39 Å². The van der Waals surface area contributed by atoms with Crippen molar-refractivity contribution in [2.24, 2.45) is 0 Å². The zero-order valence-electron chi connectivity index (χ0n) is 6.40. The Morgan fingerprint density at radius 1 is 1.15 bits per heavy atom. The maximum atomic E-state index is 12.5. The average molecular weight is 195 g/mol. The first-order chi connectivity index (χ1) is 6.25. The molecule has 0 aliphatic carbocycles. The van der Waals surface area contributed by atoms with Gasteiger partial charge in [-0.25, -0.2) is 4.39 Å². The molecule has 0 fully saturated rings. The van der Waals surface area contributed by atoms with E-state index in [1.54, 1.807) is 12.1 Å². The lowest BCUT2D eigenvalue weighted by atomic mass is 10.2. The largest absolute Gasteiger partial charge is 0.719 e. The highest BCUT2D eigenvalue weighted by Gasteiger charge is 2.02. The lowest BCUT2D eigenvalue weighted by Crippen LogP contribution is -1.78. The normalized spacial score (nSPS) is 10.2. The number of rotatable bonds is 1. The van der Waals surface area contributed by atoms with Crippen molar-refractivity contribution in [1.29, 1.82) is 0 Å². The number of halogens is 1. The topological polar surface area (TPSA) is 38.9 Å². The summed E-state index contributed by atoms with van der Waals surface area (Å²) < 4.78 is 17.5. The summed E-state index contributed by atoms with van der Waals surface area (Å²) in [4.78, 5) is 0. The first-order valence-corrected chi connectivity index (χ1v) is 3.93. The molecule has 1 aromatic carbocycles. The number of aromatic nitrogens is 2. The molecule has 66 valence electrons. The Labute approximate surface area is 79.0 Å². The van der Waals surface area contributed by atoms with Gasteiger partial charge in [0.2, 0.25) is 5.89 Å². The predicted molar refractivity (Wildman–Crippen MR) is 45.3 cm³/mol. The second-order valence-electron chi connectivity index (χ2n) is 2.38. The molecule has 0 aliphatic rings. The van der Waals surface area contributed by atoms with Gasteiger partial charge >= 0.3 is 0 Å². The Morgan fingerprint density at radius 2 is 1.85 bits per heavy atom. The van der Waals surface area contributed by atoms with Crippen LogP contribution in [-0.4, -0.2) is 10.2 Å². The van der Waals surface area contributed by atoms with E-state index in [0.717, 1.165) is 0 Å². The maximum Gasteiger partial charge on any atom is 0.245 e. The molecule has 2 rings (SSSR count). The minimum absolute atomic E-state index is 0.0827. The summed E-state index contributed by atoms with van der Waals surface area (Å²) in [5.74, 6) is 0.00635. The Bertz CT molecular complexity index is 412. The fourth-order valence-electron chi connectivity index (χ4n) is 0.919. The van der Waals surface area contributed by atoms with E-state index in [1.165, 1.54) is 12.1 Å². The van der Waals surface area contributed by atoms with E-state index in [2.05, 4.69) is 22.8 Å². The van der Waals surface area contributed by atoms with Crippen LogP contribution in [0.5, 0.6) is 0 Å². The molecule has 0 saturated carbocycles. The van der Waals surface area contributed by atoms with E-state index in [-0.39, 0.29) is 11.0 Å². The second kappa shape index (κ2) is 3.10. The molecule has 1 heterocycles. The van der Waals surface area contributed by atoms with E-state index < -0.39 is 0 Å². The van der Waals surface area contributed by atoms with Crippen molar-refractivity contribution in [1.82, 2.24) is 10.2 Å². The Balaban J connectivity index is 2.41. The van der Waals surface area contributed by atoms with Gasteiger partial charge in [-0.3, -0.25) is 0 Å². The van der Waals surface area contributed by atoms with Gasteiger partial charge < -0.3 is 17.0 Å². The minimum atomic E-state index is -0.304. The molecular weight excluding hydrogens is 191 g/mol. The average Bonchev–Trinajstić information content (AvgIpc) is 2.53. The number of hydrogen-bond acceptors (Lipinski definition) is 4. The molecule has 0 radical (unpaired) electrons. The van der Waals surface area contributed by atoms with Crippen LogP contribution in [0.25, 0.3) is 11.5 Å². The van der Waals surface area contributed by atoms with E-state index >= 15 is 0 Å². The Hall–Kier alpha value is -1.49. The molecular formula is C8H4FN2OS-. The van der Waals surface area contributed by atoms with Crippen LogP contribution in [0.4, 0.5) is 4.39 Å². The van der Waals surface area contributed by atoms with Gasteiger partial charge in [-0.1, -0.05) is 0 Å². The summed E-state index contributed by atoms with van der Waals surface area (Å²) in [6, 6.07) is 5.75. The third-order valence-corrected chi connectivity index (χ3v) is 1.66. The van der Waals surface area contributed by atoms with Crippen LogP contribution >= 0.6 is 0 Å². The monoisotopic (exact) mass is 195 g/mol. The fraction of sp³-hybridized carbons (Fsp3) is 0. The van der Waals surface area contributed by atoms with Crippen molar-refractivity contribution in [3.8, 4) is 11.5 Å². The van der Waals surface area contributed by atoms with Gasteiger partial charge in [0.1, 0.15) is 5.82 Å². The van der Waals surface area contributed by atoms with Crippen molar-refractivity contribution < 1.29 is 8.81 Å². The number of nitrogens with zero attached hydrogens (tertiary/aromatic N) is 2. The van der Waals surface area contributed by atoms with Crippen molar-refractivity contribution in [2.75, 3.05) is 0 Å². The lowest BCUT2D eigenvalue weighted by molar-refractivity contribution is 0.467. The summed E-state index contributed by atoms with van der Waals surface area (Å²) in [6.07, 6.45) is 0. The van der Waals surface area contributed by atoms with Gasteiger partial charge in [0.15, 0.2) is 0 Å². The summed E-state index contributed by atoms with van der Waals surface area (Å²) >= 11 is 4.64. The van der Waals surface area contributed by atoms with Crippen LogP contribution in [0.1, 0.15) is 0 Å². The molecule has 2 aromatic rings. The van der Waals surface area contributed by atoms with Gasteiger partial charge in [-0.2, -0.15) is 0 Å².